The van der Waals surface area contributed by atoms with Crippen LogP contribution in [0.1, 0.15) is 77.6 Å². The molecule has 0 saturated carbocycles. The second kappa shape index (κ2) is 5.45. The second-order valence-corrected chi connectivity index (χ2v) is 8.31. The molecule has 132 valence electrons. The first-order valence-electron chi connectivity index (χ1n) is 7.70. The Balaban J connectivity index is 4.09. The minimum atomic E-state index is -1.45. The van der Waals surface area contributed by atoms with E-state index in [2.05, 4.69) is 0 Å². The SMILES string of the molecule is CC(C)(O)c1cc(C(C)(C)O)c(C(C)(C)O)c(O)c1C(C)(C)O. The van der Waals surface area contributed by atoms with Crippen LogP contribution in [0.2, 0.25) is 0 Å². The third-order valence-electron chi connectivity index (χ3n) is 3.84. The number of aliphatic hydroxyl groups is 4. The highest BCUT2D eigenvalue weighted by Gasteiger charge is 2.39. The number of benzene rings is 1. The van der Waals surface area contributed by atoms with Gasteiger partial charge in [0.1, 0.15) is 5.75 Å². The number of phenols is 1. The maximum atomic E-state index is 10.8. The molecule has 1 rings (SSSR count). The number of aromatic hydroxyl groups is 1. The van der Waals surface area contributed by atoms with Crippen LogP contribution in [0.25, 0.3) is 0 Å². The van der Waals surface area contributed by atoms with Crippen LogP contribution >= 0.6 is 0 Å². The fourth-order valence-electron chi connectivity index (χ4n) is 2.87. The summed E-state index contributed by atoms with van der Waals surface area (Å²) >= 11 is 0. The van der Waals surface area contributed by atoms with E-state index in [1.165, 1.54) is 55.4 Å². The zero-order chi connectivity index (χ0) is 18.6. The highest BCUT2D eigenvalue weighted by atomic mass is 16.3. The quantitative estimate of drug-likeness (QED) is 0.584. The van der Waals surface area contributed by atoms with Gasteiger partial charge in [0.15, 0.2) is 0 Å². The van der Waals surface area contributed by atoms with Crippen molar-refractivity contribution >= 4 is 0 Å². The molecule has 5 N–H and O–H groups in total. The number of hydrogen-bond acceptors (Lipinski definition) is 5. The van der Waals surface area contributed by atoms with Crippen molar-refractivity contribution in [2.45, 2.75) is 77.8 Å². The third-order valence-corrected chi connectivity index (χ3v) is 3.84. The smallest absolute Gasteiger partial charge is 0.128 e. The van der Waals surface area contributed by atoms with Crippen LogP contribution in [0, 0.1) is 0 Å². The van der Waals surface area contributed by atoms with Gasteiger partial charge in [-0.15, -0.1) is 0 Å². The van der Waals surface area contributed by atoms with Crippen molar-refractivity contribution in [2.75, 3.05) is 0 Å². The first-order chi connectivity index (χ1) is 9.88. The Kier molecular flexibility index (Phi) is 4.72. The van der Waals surface area contributed by atoms with Crippen LogP contribution < -0.4 is 0 Å². The van der Waals surface area contributed by atoms with Crippen LogP contribution in [0.4, 0.5) is 0 Å². The second-order valence-electron chi connectivity index (χ2n) is 8.31. The van der Waals surface area contributed by atoms with Gasteiger partial charge in [0, 0.05) is 11.1 Å². The van der Waals surface area contributed by atoms with E-state index < -0.39 is 22.4 Å². The van der Waals surface area contributed by atoms with Gasteiger partial charge < -0.3 is 25.5 Å². The fourth-order valence-corrected chi connectivity index (χ4v) is 2.87. The molecule has 0 radical (unpaired) electrons. The molecule has 0 aliphatic rings. The Bertz CT molecular complexity index is 540. The molecule has 0 aliphatic heterocycles. The molecule has 0 unspecified atom stereocenters. The third kappa shape index (κ3) is 4.04. The first-order valence-corrected chi connectivity index (χ1v) is 7.70. The molecule has 0 aromatic heterocycles. The molecule has 0 bridgehead atoms. The average molecular weight is 326 g/mol. The standard InChI is InChI=1S/C18H30O5/c1-15(2,20)10-9-11(16(3,4)21)13(18(7,8)23)14(19)12(10)17(5,6)22/h9,19-23H,1-8H3. The van der Waals surface area contributed by atoms with Gasteiger partial charge in [0.05, 0.1) is 22.4 Å². The summed E-state index contributed by atoms with van der Waals surface area (Å²) in [4.78, 5) is 0. The summed E-state index contributed by atoms with van der Waals surface area (Å²) in [5.74, 6) is -0.318. The summed E-state index contributed by atoms with van der Waals surface area (Å²) in [5, 5.41) is 52.7. The molecule has 0 saturated heterocycles. The zero-order valence-electron chi connectivity index (χ0n) is 15.3. The molecule has 5 nitrogen and oxygen atoms in total. The van der Waals surface area contributed by atoms with Crippen LogP contribution in [-0.2, 0) is 22.4 Å². The van der Waals surface area contributed by atoms with Gasteiger partial charge in [-0.2, -0.15) is 0 Å². The van der Waals surface area contributed by atoms with Crippen molar-refractivity contribution in [2.24, 2.45) is 0 Å². The predicted octanol–water partition coefficient (Wildman–Crippen LogP) is 2.30. The summed E-state index contributed by atoms with van der Waals surface area (Å²) in [6.45, 7) is 12.1. The van der Waals surface area contributed by atoms with Gasteiger partial charge in [-0.3, -0.25) is 0 Å². The van der Waals surface area contributed by atoms with Gasteiger partial charge in [-0.25, -0.2) is 0 Å². The van der Waals surface area contributed by atoms with Crippen molar-refractivity contribution in [3.8, 4) is 5.75 Å². The fraction of sp³-hybridized carbons (Fsp3) is 0.667. The van der Waals surface area contributed by atoms with Gasteiger partial charge >= 0.3 is 0 Å². The maximum absolute atomic E-state index is 10.8. The predicted molar refractivity (Wildman–Crippen MR) is 89.1 cm³/mol. The topological polar surface area (TPSA) is 101 Å². The normalized spacial score (nSPS) is 14.3. The summed E-state index contributed by atoms with van der Waals surface area (Å²) < 4.78 is 0. The molecule has 0 atom stereocenters. The summed E-state index contributed by atoms with van der Waals surface area (Å²) in [6, 6.07) is 1.54. The summed E-state index contributed by atoms with van der Waals surface area (Å²) in [7, 11) is 0. The van der Waals surface area contributed by atoms with Crippen molar-refractivity contribution < 1.29 is 25.5 Å². The minimum Gasteiger partial charge on any atom is -0.507 e. The lowest BCUT2D eigenvalue weighted by molar-refractivity contribution is 0.0379. The van der Waals surface area contributed by atoms with E-state index in [9.17, 15) is 25.5 Å². The zero-order valence-corrected chi connectivity index (χ0v) is 15.3. The maximum Gasteiger partial charge on any atom is 0.128 e. The van der Waals surface area contributed by atoms with Crippen molar-refractivity contribution in [3.05, 3.63) is 28.3 Å². The lowest BCUT2D eigenvalue weighted by Gasteiger charge is -2.36. The molecular weight excluding hydrogens is 296 g/mol. The number of hydrogen-bond donors (Lipinski definition) is 5. The molecule has 1 aromatic carbocycles. The molecular formula is C18H30O5. The molecule has 23 heavy (non-hydrogen) atoms. The van der Waals surface area contributed by atoms with E-state index in [-0.39, 0.29) is 16.9 Å². The first kappa shape index (κ1) is 19.9. The highest BCUT2D eigenvalue weighted by Crippen LogP contribution is 2.46. The minimum absolute atomic E-state index is 0.134. The van der Waals surface area contributed by atoms with Crippen LogP contribution in [0.3, 0.4) is 0 Å². The lowest BCUT2D eigenvalue weighted by Crippen LogP contribution is -2.32. The number of rotatable bonds is 4. The van der Waals surface area contributed by atoms with Crippen molar-refractivity contribution in [3.63, 3.8) is 0 Å². The molecule has 5 heteroatoms. The van der Waals surface area contributed by atoms with Crippen LogP contribution in [0.15, 0.2) is 6.07 Å². The largest absolute Gasteiger partial charge is 0.507 e. The Hall–Kier alpha value is -1.14. The van der Waals surface area contributed by atoms with Gasteiger partial charge in [0.25, 0.3) is 0 Å². The Morgan fingerprint density at radius 1 is 0.565 bits per heavy atom. The molecule has 0 aliphatic carbocycles. The summed E-state index contributed by atoms with van der Waals surface area (Å²) in [6.07, 6.45) is 0. The Morgan fingerprint density at radius 3 is 1.00 bits per heavy atom. The van der Waals surface area contributed by atoms with E-state index in [0.29, 0.717) is 11.1 Å². The van der Waals surface area contributed by atoms with E-state index >= 15 is 0 Å². The molecule has 0 heterocycles. The van der Waals surface area contributed by atoms with Gasteiger partial charge in [-0.1, -0.05) is 0 Å². The van der Waals surface area contributed by atoms with E-state index in [4.69, 9.17) is 0 Å². The van der Waals surface area contributed by atoms with Crippen molar-refractivity contribution in [1.29, 1.82) is 0 Å². The van der Waals surface area contributed by atoms with Crippen LogP contribution in [-0.4, -0.2) is 25.5 Å². The lowest BCUT2D eigenvalue weighted by atomic mass is 9.76. The Morgan fingerprint density at radius 2 is 0.826 bits per heavy atom. The molecule has 0 spiro atoms. The molecule has 1 aromatic rings. The Labute approximate surface area is 138 Å². The van der Waals surface area contributed by atoms with Gasteiger partial charge in [-0.05, 0) is 72.6 Å². The van der Waals surface area contributed by atoms with Gasteiger partial charge in [0.2, 0.25) is 0 Å². The molecule has 0 fully saturated rings. The summed E-state index contributed by atoms with van der Waals surface area (Å²) in [5.41, 5.74) is -4.74. The van der Waals surface area contributed by atoms with E-state index in [1.807, 2.05) is 0 Å². The monoisotopic (exact) mass is 326 g/mol. The average Bonchev–Trinajstić information content (AvgIpc) is 2.20. The van der Waals surface area contributed by atoms with E-state index in [0.717, 1.165) is 0 Å². The number of phenolic OH excluding ortho intramolecular Hbond substituents is 1. The highest BCUT2D eigenvalue weighted by molar-refractivity contribution is 5.57. The van der Waals surface area contributed by atoms with Crippen LogP contribution in [0.5, 0.6) is 5.75 Å². The molecule has 0 amide bonds. The van der Waals surface area contributed by atoms with Crippen molar-refractivity contribution in [1.82, 2.24) is 0 Å². The van der Waals surface area contributed by atoms with E-state index in [1.54, 1.807) is 6.07 Å².